The van der Waals surface area contributed by atoms with Crippen LogP contribution in [0.5, 0.6) is 0 Å². The van der Waals surface area contributed by atoms with Gasteiger partial charge in [-0.15, -0.1) is 11.3 Å². The first kappa shape index (κ1) is 24.7. The van der Waals surface area contributed by atoms with Gasteiger partial charge in [0.1, 0.15) is 22.4 Å². The number of thiazole rings is 1. The molecule has 0 bridgehead atoms. The van der Waals surface area contributed by atoms with Gasteiger partial charge in [0.15, 0.2) is 0 Å². The van der Waals surface area contributed by atoms with Crippen molar-refractivity contribution in [2.45, 2.75) is 70.9 Å². The molecule has 34 heavy (non-hydrogen) atoms. The second-order valence-electron chi connectivity index (χ2n) is 9.55. The van der Waals surface area contributed by atoms with Crippen LogP contribution in [0.25, 0.3) is 20.8 Å². The molecule has 0 saturated heterocycles. The van der Waals surface area contributed by atoms with E-state index in [0.29, 0.717) is 34.5 Å². The van der Waals surface area contributed by atoms with Crippen LogP contribution >= 0.6 is 11.3 Å². The second kappa shape index (κ2) is 9.31. The SMILES string of the molecule is Cc1nc(NC(C)C(C)(C)O)nc(NC2CC(CO)C(O)C2O)c1-c1nc2c(C)nccc2s1. The zero-order chi connectivity index (χ0) is 24.8. The summed E-state index contributed by atoms with van der Waals surface area (Å²) in [4.78, 5) is 18.4. The van der Waals surface area contributed by atoms with E-state index < -0.39 is 29.8 Å². The molecule has 3 heterocycles. The van der Waals surface area contributed by atoms with Crippen LogP contribution in [-0.4, -0.2) is 76.9 Å². The molecule has 3 aromatic heterocycles. The van der Waals surface area contributed by atoms with Crippen molar-refractivity contribution in [3.8, 4) is 10.6 Å². The fraction of sp³-hybridized carbons (Fsp3) is 0.565. The third kappa shape index (κ3) is 4.71. The Morgan fingerprint density at radius 2 is 1.88 bits per heavy atom. The van der Waals surface area contributed by atoms with Gasteiger partial charge >= 0.3 is 0 Å². The lowest BCUT2D eigenvalue weighted by Gasteiger charge is -2.27. The van der Waals surface area contributed by atoms with Crippen molar-refractivity contribution in [1.29, 1.82) is 0 Å². The number of aliphatic hydroxyl groups excluding tert-OH is 3. The Bertz CT molecular complexity index is 1180. The Labute approximate surface area is 202 Å². The maximum absolute atomic E-state index is 10.6. The zero-order valence-electron chi connectivity index (χ0n) is 19.9. The molecule has 1 aliphatic rings. The Morgan fingerprint density at radius 3 is 2.50 bits per heavy atom. The number of pyridine rings is 1. The minimum Gasteiger partial charge on any atom is -0.396 e. The van der Waals surface area contributed by atoms with Gasteiger partial charge in [0.2, 0.25) is 5.95 Å². The summed E-state index contributed by atoms with van der Waals surface area (Å²) in [6.07, 6.45) is 0.0394. The van der Waals surface area contributed by atoms with Crippen LogP contribution < -0.4 is 10.6 Å². The van der Waals surface area contributed by atoms with Crippen LogP contribution in [0.2, 0.25) is 0 Å². The van der Waals surface area contributed by atoms with Crippen molar-refractivity contribution >= 4 is 33.3 Å². The number of hydrogen-bond donors (Lipinski definition) is 6. The summed E-state index contributed by atoms with van der Waals surface area (Å²) in [5.74, 6) is 0.351. The highest BCUT2D eigenvalue weighted by Gasteiger charge is 2.41. The minimum atomic E-state index is -1.06. The normalized spacial score (nSPS) is 23.9. The molecule has 5 unspecified atom stereocenters. The molecule has 0 aromatic carbocycles. The fourth-order valence-electron chi connectivity index (χ4n) is 4.08. The Morgan fingerprint density at radius 1 is 1.15 bits per heavy atom. The molecule has 1 saturated carbocycles. The van der Waals surface area contributed by atoms with Gasteiger partial charge in [-0.05, 0) is 47.1 Å². The predicted molar refractivity (Wildman–Crippen MR) is 132 cm³/mol. The summed E-state index contributed by atoms with van der Waals surface area (Å²) in [6.45, 7) is 8.79. The summed E-state index contributed by atoms with van der Waals surface area (Å²) in [5, 5.41) is 47.9. The third-order valence-corrected chi connectivity index (χ3v) is 7.60. The molecule has 10 nitrogen and oxygen atoms in total. The highest BCUT2D eigenvalue weighted by atomic mass is 32.1. The van der Waals surface area contributed by atoms with Crippen LogP contribution in [-0.2, 0) is 0 Å². The molecule has 1 aliphatic carbocycles. The van der Waals surface area contributed by atoms with E-state index in [0.717, 1.165) is 15.9 Å². The molecule has 6 N–H and O–H groups in total. The van der Waals surface area contributed by atoms with Crippen molar-refractivity contribution < 1.29 is 20.4 Å². The molecular formula is C23H32N6O4S. The number of hydrogen-bond acceptors (Lipinski definition) is 11. The monoisotopic (exact) mass is 488 g/mol. The number of aliphatic hydroxyl groups is 4. The number of rotatable bonds is 7. The standard InChI is InChI=1S/C23H32N6O4S/c1-10-16(21-28-17-11(2)24-7-6-15(17)34-21)20(27-14-8-13(9-30)18(31)19(14)32)29-22(25-10)26-12(3)23(4,5)33/h6-7,12-14,18-19,30-33H,8-9H2,1-5H3,(H2,25,26,27,29). The summed E-state index contributed by atoms with van der Waals surface area (Å²) in [5.41, 5.74) is 1.99. The number of aryl methyl sites for hydroxylation is 2. The fourth-order valence-corrected chi connectivity index (χ4v) is 5.19. The average molecular weight is 489 g/mol. The van der Waals surface area contributed by atoms with Gasteiger partial charge in [0.25, 0.3) is 0 Å². The minimum absolute atomic E-state index is 0.216. The van der Waals surface area contributed by atoms with Crippen LogP contribution in [0.3, 0.4) is 0 Å². The highest BCUT2D eigenvalue weighted by molar-refractivity contribution is 7.21. The van der Waals surface area contributed by atoms with Gasteiger partial charge in [0, 0.05) is 18.7 Å². The molecule has 0 aliphatic heterocycles. The topological polar surface area (TPSA) is 157 Å². The van der Waals surface area contributed by atoms with E-state index in [1.165, 1.54) is 11.3 Å². The molecule has 0 radical (unpaired) electrons. The number of nitrogens with zero attached hydrogens (tertiary/aromatic N) is 4. The summed E-state index contributed by atoms with van der Waals surface area (Å²) in [6, 6.07) is 1.06. The van der Waals surface area contributed by atoms with E-state index >= 15 is 0 Å². The first-order valence-corrected chi connectivity index (χ1v) is 12.1. The molecule has 1 fully saturated rings. The van der Waals surface area contributed by atoms with Crippen molar-refractivity contribution in [1.82, 2.24) is 19.9 Å². The van der Waals surface area contributed by atoms with Gasteiger partial charge < -0.3 is 31.1 Å². The summed E-state index contributed by atoms with van der Waals surface area (Å²) >= 11 is 1.50. The molecule has 5 atom stereocenters. The number of nitrogens with one attached hydrogen (secondary N) is 2. The van der Waals surface area contributed by atoms with E-state index in [1.807, 2.05) is 26.8 Å². The lowest BCUT2D eigenvalue weighted by atomic mass is 10.0. The second-order valence-corrected chi connectivity index (χ2v) is 10.6. The first-order valence-electron chi connectivity index (χ1n) is 11.3. The quantitative estimate of drug-likeness (QED) is 0.290. The maximum Gasteiger partial charge on any atom is 0.225 e. The molecule has 0 spiro atoms. The molecule has 184 valence electrons. The van der Waals surface area contributed by atoms with Crippen molar-refractivity contribution in [3.63, 3.8) is 0 Å². The van der Waals surface area contributed by atoms with Crippen molar-refractivity contribution in [2.24, 2.45) is 5.92 Å². The molecular weight excluding hydrogens is 456 g/mol. The predicted octanol–water partition coefficient (Wildman–Crippen LogP) is 1.85. The molecule has 4 rings (SSSR count). The Hall–Kier alpha value is -2.44. The van der Waals surface area contributed by atoms with E-state index in [4.69, 9.17) is 4.98 Å². The van der Waals surface area contributed by atoms with E-state index in [9.17, 15) is 20.4 Å². The van der Waals surface area contributed by atoms with Crippen LogP contribution in [0.15, 0.2) is 12.3 Å². The number of anilines is 2. The largest absolute Gasteiger partial charge is 0.396 e. The third-order valence-electron chi connectivity index (χ3n) is 6.56. The van der Waals surface area contributed by atoms with E-state index in [2.05, 4.69) is 25.6 Å². The maximum atomic E-state index is 10.6. The van der Waals surface area contributed by atoms with E-state index in [1.54, 1.807) is 20.0 Å². The van der Waals surface area contributed by atoms with Crippen LogP contribution in [0, 0.1) is 19.8 Å². The van der Waals surface area contributed by atoms with E-state index in [-0.39, 0.29) is 12.6 Å². The van der Waals surface area contributed by atoms with Crippen LogP contribution in [0.4, 0.5) is 11.8 Å². The summed E-state index contributed by atoms with van der Waals surface area (Å²) in [7, 11) is 0. The number of fused-ring (bicyclic) bond motifs is 1. The highest BCUT2D eigenvalue weighted by Crippen LogP contribution is 2.38. The summed E-state index contributed by atoms with van der Waals surface area (Å²) < 4.78 is 0.988. The van der Waals surface area contributed by atoms with Crippen molar-refractivity contribution in [3.05, 3.63) is 23.7 Å². The van der Waals surface area contributed by atoms with Crippen molar-refractivity contribution in [2.75, 3.05) is 17.2 Å². The first-order chi connectivity index (χ1) is 16.0. The Kier molecular flexibility index (Phi) is 6.76. The van der Waals surface area contributed by atoms with Crippen LogP contribution in [0.1, 0.15) is 38.6 Å². The lowest BCUT2D eigenvalue weighted by Crippen LogP contribution is -2.40. The lowest BCUT2D eigenvalue weighted by molar-refractivity contribution is 0.00446. The average Bonchev–Trinajstić information content (AvgIpc) is 3.30. The molecule has 11 heteroatoms. The van der Waals surface area contributed by atoms with Gasteiger partial charge in [-0.1, -0.05) is 0 Å². The van der Waals surface area contributed by atoms with Gasteiger partial charge in [-0.2, -0.15) is 4.98 Å². The molecule has 0 amide bonds. The number of aromatic nitrogens is 4. The molecule has 3 aromatic rings. The Balaban J connectivity index is 1.78. The van der Waals surface area contributed by atoms with Gasteiger partial charge in [-0.25, -0.2) is 9.97 Å². The van der Waals surface area contributed by atoms with Gasteiger partial charge in [0.05, 0.1) is 45.4 Å². The smallest absolute Gasteiger partial charge is 0.225 e. The van der Waals surface area contributed by atoms with Gasteiger partial charge in [-0.3, -0.25) is 4.98 Å². The zero-order valence-corrected chi connectivity index (χ0v) is 20.8.